The molecule has 27 heavy (non-hydrogen) atoms. The normalized spacial score (nSPS) is 13.0. The van der Waals surface area contributed by atoms with Crippen LogP contribution in [0.5, 0.6) is 0 Å². The van der Waals surface area contributed by atoms with E-state index in [0.717, 1.165) is 52.2 Å². The molecule has 0 radical (unpaired) electrons. The molecule has 1 N–H and O–H groups in total. The number of anilines is 2. The van der Waals surface area contributed by atoms with Gasteiger partial charge in [0.1, 0.15) is 0 Å². The molecule has 1 aliphatic rings. The Morgan fingerprint density at radius 2 is 2.15 bits per heavy atom. The van der Waals surface area contributed by atoms with Crippen LogP contribution in [0.25, 0.3) is 11.1 Å². The van der Waals surface area contributed by atoms with E-state index in [1.807, 2.05) is 6.07 Å². The van der Waals surface area contributed by atoms with Crippen LogP contribution in [0.3, 0.4) is 0 Å². The first-order chi connectivity index (χ1) is 13.2. The van der Waals surface area contributed by atoms with Gasteiger partial charge in [-0.3, -0.25) is 0 Å². The van der Waals surface area contributed by atoms with E-state index in [2.05, 4.69) is 26.4 Å². The van der Waals surface area contributed by atoms with Gasteiger partial charge in [0, 0.05) is 17.8 Å². The van der Waals surface area contributed by atoms with Gasteiger partial charge in [0.25, 0.3) is 0 Å². The molecular formula is C17H15F2N5OS2. The first-order valence-electron chi connectivity index (χ1n) is 8.20. The Bertz CT molecular complexity index is 982. The summed E-state index contributed by atoms with van der Waals surface area (Å²) in [6.45, 7) is 0. The lowest BCUT2D eigenvalue weighted by Gasteiger charge is -2.16. The van der Waals surface area contributed by atoms with Crippen molar-refractivity contribution in [2.45, 2.75) is 24.4 Å². The number of pyridine rings is 1. The lowest BCUT2D eigenvalue weighted by atomic mass is 9.98. The van der Waals surface area contributed by atoms with Crippen LogP contribution in [0.1, 0.15) is 17.5 Å². The average molecular weight is 407 g/mol. The minimum atomic E-state index is -0.555. The van der Waals surface area contributed by atoms with E-state index < -0.39 is 5.95 Å². The van der Waals surface area contributed by atoms with E-state index in [1.165, 1.54) is 24.9 Å². The van der Waals surface area contributed by atoms with E-state index in [1.54, 1.807) is 6.07 Å². The zero-order valence-electron chi connectivity index (χ0n) is 14.3. The smallest absolute Gasteiger partial charge is 0.240 e. The van der Waals surface area contributed by atoms with Crippen LogP contribution in [-0.2, 0) is 17.0 Å². The number of hydrogen-bond donors (Lipinski definition) is 1. The van der Waals surface area contributed by atoms with Crippen molar-refractivity contribution in [3.8, 4) is 11.1 Å². The Morgan fingerprint density at radius 3 is 2.93 bits per heavy atom. The summed E-state index contributed by atoms with van der Waals surface area (Å²) in [5.74, 6) is -0.321. The number of aryl methyl sites for hydroxylation is 1. The van der Waals surface area contributed by atoms with E-state index in [-0.39, 0.29) is 23.4 Å². The summed E-state index contributed by atoms with van der Waals surface area (Å²) in [4.78, 5) is 7.89. The predicted octanol–water partition coefficient (Wildman–Crippen LogP) is 4.75. The topological polar surface area (TPSA) is 64.9 Å². The molecule has 2 aromatic heterocycles. The largest absolute Gasteiger partial charge is 0.323 e. The lowest BCUT2D eigenvalue weighted by molar-refractivity contribution is 0.486. The van der Waals surface area contributed by atoms with E-state index in [4.69, 9.17) is 4.18 Å². The van der Waals surface area contributed by atoms with Crippen LogP contribution in [0, 0.1) is 5.95 Å². The van der Waals surface area contributed by atoms with Crippen molar-refractivity contribution in [3.63, 3.8) is 0 Å². The number of aromatic nitrogens is 4. The third-order valence-electron chi connectivity index (χ3n) is 4.34. The fourth-order valence-electron chi connectivity index (χ4n) is 3.25. The first-order valence-corrected chi connectivity index (χ1v) is 9.61. The van der Waals surface area contributed by atoms with Crippen LogP contribution in [0.2, 0.25) is 0 Å². The number of benzene rings is 1. The van der Waals surface area contributed by atoms with Crippen LogP contribution in [0.15, 0.2) is 35.6 Å². The summed E-state index contributed by atoms with van der Waals surface area (Å²) in [5, 5.41) is 7.52. The van der Waals surface area contributed by atoms with Crippen molar-refractivity contribution in [3.05, 3.63) is 47.5 Å². The number of nitrogens with zero attached hydrogens (tertiary/aromatic N) is 4. The van der Waals surface area contributed by atoms with Gasteiger partial charge < -0.3 is 9.50 Å². The molecule has 1 aromatic carbocycles. The third kappa shape index (κ3) is 3.64. The molecule has 2 heterocycles. The maximum Gasteiger partial charge on any atom is 0.240 e. The highest BCUT2D eigenvalue weighted by Crippen LogP contribution is 2.39. The van der Waals surface area contributed by atoms with Gasteiger partial charge in [0.2, 0.25) is 17.1 Å². The molecule has 0 bridgehead atoms. The van der Waals surface area contributed by atoms with Crippen LogP contribution >= 0.6 is 24.4 Å². The number of hydrogen-bond acceptors (Lipinski definition) is 7. The zero-order chi connectivity index (χ0) is 18.8. The SMILES string of the molecule is COSc1nc(Nc2c(-c3ccnc(F)c3)ccc3c2CCC3)n(SF)n1. The fourth-order valence-corrected chi connectivity index (χ4v) is 3.95. The molecule has 0 fully saturated rings. The van der Waals surface area contributed by atoms with Crippen LogP contribution < -0.4 is 5.32 Å². The second-order valence-corrected chi connectivity index (χ2v) is 7.23. The Hall–Kier alpha value is -2.17. The molecule has 6 nitrogen and oxygen atoms in total. The van der Waals surface area contributed by atoms with Gasteiger partial charge in [-0.1, -0.05) is 12.1 Å². The average Bonchev–Trinajstić information content (AvgIpc) is 3.29. The number of nitrogens with one attached hydrogen (secondary N) is 1. The molecule has 10 heteroatoms. The van der Waals surface area contributed by atoms with Crippen LogP contribution in [0.4, 0.5) is 19.9 Å². The minimum Gasteiger partial charge on any atom is -0.323 e. The Balaban J connectivity index is 1.81. The summed E-state index contributed by atoms with van der Waals surface area (Å²) in [7, 11) is 1.49. The van der Waals surface area contributed by atoms with E-state index in [0.29, 0.717) is 5.56 Å². The maximum atomic E-state index is 13.7. The van der Waals surface area contributed by atoms with Gasteiger partial charge >= 0.3 is 0 Å². The van der Waals surface area contributed by atoms with Crippen molar-refractivity contribution >= 4 is 36.0 Å². The molecule has 140 valence electrons. The van der Waals surface area contributed by atoms with E-state index in [9.17, 15) is 8.28 Å². The summed E-state index contributed by atoms with van der Waals surface area (Å²) < 4.78 is 33.0. The highest BCUT2D eigenvalue weighted by molar-refractivity contribution is 7.94. The van der Waals surface area contributed by atoms with Gasteiger partial charge in [0.15, 0.2) is 12.3 Å². The molecule has 0 spiro atoms. The molecule has 0 unspecified atom stereocenters. The highest BCUT2D eigenvalue weighted by Gasteiger charge is 2.22. The number of halogens is 2. The van der Waals surface area contributed by atoms with Gasteiger partial charge in [0.05, 0.1) is 24.8 Å². The third-order valence-corrected chi connectivity index (χ3v) is 5.21. The Kier molecular flexibility index (Phi) is 5.28. The number of fused-ring (bicyclic) bond motifs is 1. The molecule has 3 aromatic rings. The molecule has 1 aliphatic carbocycles. The molecule has 0 aliphatic heterocycles. The first kappa shape index (κ1) is 18.2. The molecular weight excluding hydrogens is 392 g/mol. The van der Waals surface area contributed by atoms with Crippen molar-refractivity contribution in [2.24, 2.45) is 0 Å². The molecule has 0 saturated carbocycles. The fraction of sp³-hybridized carbons (Fsp3) is 0.235. The summed E-state index contributed by atoms with van der Waals surface area (Å²) in [6, 6.07) is 7.12. The molecule has 0 atom stereocenters. The number of rotatable bonds is 6. The second-order valence-electron chi connectivity index (χ2n) is 5.88. The second kappa shape index (κ2) is 7.83. The quantitative estimate of drug-likeness (QED) is 0.467. The zero-order valence-corrected chi connectivity index (χ0v) is 15.9. The summed E-state index contributed by atoms with van der Waals surface area (Å²) in [6.07, 6.45) is 4.32. The molecule has 4 rings (SSSR count). The van der Waals surface area contributed by atoms with Gasteiger partial charge in [-0.25, -0.2) is 4.98 Å². The molecule has 0 amide bonds. The highest BCUT2D eigenvalue weighted by atomic mass is 32.2. The summed E-state index contributed by atoms with van der Waals surface area (Å²) in [5.41, 5.74) is 4.62. The Morgan fingerprint density at radius 1 is 1.26 bits per heavy atom. The summed E-state index contributed by atoms with van der Waals surface area (Å²) >= 11 is 0.884. The maximum absolute atomic E-state index is 13.7. The predicted molar refractivity (Wildman–Crippen MR) is 102 cm³/mol. The monoisotopic (exact) mass is 407 g/mol. The standard InChI is InChI=1S/C17H15F2N5OS2/c1-25-26-17-22-16(24(23-17)27-19)21-15-12-4-2-3-10(12)5-6-13(15)11-7-8-20-14(18)9-11/h5-9H,2-4H2,1H3,(H,21,22,23). The van der Waals surface area contributed by atoms with Crippen molar-refractivity contribution in [2.75, 3.05) is 12.4 Å². The van der Waals surface area contributed by atoms with Crippen molar-refractivity contribution < 1.29 is 12.5 Å². The van der Waals surface area contributed by atoms with Gasteiger partial charge in [-0.2, -0.15) is 9.37 Å². The van der Waals surface area contributed by atoms with Crippen molar-refractivity contribution in [1.82, 2.24) is 19.2 Å². The van der Waals surface area contributed by atoms with Crippen molar-refractivity contribution in [1.29, 1.82) is 0 Å². The Labute approximate surface area is 163 Å². The van der Waals surface area contributed by atoms with Gasteiger partial charge in [-0.05, 0) is 42.0 Å². The van der Waals surface area contributed by atoms with Gasteiger partial charge in [-0.15, -0.1) is 13.1 Å². The minimum absolute atomic E-state index is 0.0596. The lowest BCUT2D eigenvalue weighted by Crippen LogP contribution is -2.03. The van der Waals surface area contributed by atoms with Crippen LogP contribution in [-0.4, -0.2) is 26.3 Å². The molecule has 0 saturated heterocycles. The van der Waals surface area contributed by atoms with E-state index >= 15 is 0 Å².